The molecule has 0 N–H and O–H groups in total. The number of alkyl halides is 3. The zero-order valence-electron chi connectivity index (χ0n) is 9.34. The van der Waals surface area contributed by atoms with Crippen molar-refractivity contribution in [2.24, 2.45) is 0 Å². The van der Waals surface area contributed by atoms with Crippen LogP contribution in [0.1, 0.15) is 12.8 Å². The van der Waals surface area contributed by atoms with Gasteiger partial charge in [-0.3, -0.25) is 9.53 Å². The lowest BCUT2D eigenvalue weighted by Gasteiger charge is -2.16. The molecule has 16 heavy (non-hydrogen) atoms. The summed E-state index contributed by atoms with van der Waals surface area (Å²) in [7, 11) is 2.96. The van der Waals surface area contributed by atoms with Crippen molar-refractivity contribution in [2.45, 2.75) is 19.2 Å². The Balaban J connectivity index is 3.45. The molecule has 0 atom stereocenters. The van der Waals surface area contributed by atoms with Crippen molar-refractivity contribution in [3.8, 4) is 0 Å². The molecule has 0 aromatic carbocycles. The number of hydrogen-bond donors (Lipinski definition) is 0. The van der Waals surface area contributed by atoms with Crippen molar-refractivity contribution in [2.75, 3.05) is 33.9 Å². The molecule has 0 amide bonds. The van der Waals surface area contributed by atoms with Gasteiger partial charge in [0, 0.05) is 13.0 Å². The van der Waals surface area contributed by atoms with E-state index >= 15 is 0 Å². The molecule has 96 valence electrons. The van der Waals surface area contributed by atoms with E-state index < -0.39 is 13.0 Å². The fraction of sp³-hybridized carbons (Fsp3) is 0.889. The molecule has 0 aliphatic rings. The summed E-state index contributed by atoms with van der Waals surface area (Å²) < 4.78 is 42.9. The quantitative estimate of drug-likeness (QED) is 0.634. The summed E-state index contributed by atoms with van der Waals surface area (Å²) in [5.41, 5.74) is 0. The number of hydrogen-bond acceptors (Lipinski definition) is 4. The Morgan fingerprint density at radius 1 is 1.31 bits per heavy atom. The molecule has 0 aliphatic heterocycles. The van der Waals surface area contributed by atoms with Crippen molar-refractivity contribution < 1.29 is 27.4 Å². The van der Waals surface area contributed by atoms with Gasteiger partial charge in [0.2, 0.25) is 0 Å². The van der Waals surface area contributed by atoms with E-state index in [9.17, 15) is 18.0 Å². The molecule has 0 aromatic heterocycles. The number of halogens is 3. The molecule has 0 aliphatic carbocycles. The van der Waals surface area contributed by atoms with E-state index in [0.29, 0.717) is 13.0 Å². The largest absolute Gasteiger partial charge is 0.522 e. The van der Waals surface area contributed by atoms with Gasteiger partial charge in [0.05, 0.1) is 13.7 Å². The molecule has 0 spiro atoms. The second-order valence-corrected chi connectivity index (χ2v) is 3.28. The molecule has 0 fully saturated rings. The number of carbonyl (C=O) groups excluding carboxylic acids is 1. The maximum absolute atomic E-state index is 11.6. The molecule has 0 saturated carbocycles. The van der Waals surface area contributed by atoms with E-state index in [1.807, 2.05) is 0 Å². The van der Waals surface area contributed by atoms with Crippen molar-refractivity contribution in [3.05, 3.63) is 0 Å². The van der Waals surface area contributed by atoms with Crippen LogP contribution in [0.25, 0.3) is 0 Å². The molecule has 0 bridgehead atoms. The Kier molecular flexibility index (Phi) is 7.07. The summed E-state index contributed by atoms with van der Waals surface area (Å²) in [5, 5.41) is 0. The van der Waals surface area contributed by atoms with Crippen LogP contribution in [-0.2, 0) is 14.3 Å². The predicted octanol–water partition coefficient (Wildman–Crippen LogP) is 1.41. The highest BCUT2D eigenvalue weighted by molar-refractivity contribution is 5.69. The van der Waals surface area contributed by atoms with E-state index in [-0.39, 0.29) is 18.9 Å². The number of likely N-dealkylation sites (N-methyl/N-ethyl adjacent to an activating group) is 1. The molecule has 0 aromatic rings. The standard InChI is InChI=1S/C9H16F3NO3/c1-13(5-3-4-8(14)15-2)6-7-16-9(10,11)12/h3-7H2,1-2H3. The first-order chi connectivity index (χ1) is 7.35. The number of esters is 1. The molecular weight excluding hydrogens is 227 g/mol. The van der Waals surface area contributed by atoms with Crippen molar-refractivity contribution in [1.29, 1.82) is 0 Å². The monoisotopic (exact) mass is 243 g/mol. The molecule has 7 heteroatoms. The van der Waals surface area contributed by atoms with Gasteiger partial charge in [0.25, 0.3) is 0 Å². The predicted molar refractivity (Wildman–Crippen MR) is 50.8 cm³/mol. The van der Waals surface area contributed by atoms with Crippen LogP contribution in [0, 0.1) is 0 Å². The van der Waals surface area contributed by atoms with Crippen LogP contribution in [0.4, 0.5) is 13.2 Å². The van der Waals surface area contributed by atoms with E-state index in [4.69, 9.17) is 0 Å². The molecule has 0 rings (SSSR count). The Bertz CT molecular complexity index is 209. The third-order valence-electron chi connectivity index (χ3n) is 1.89. The van der Waals surface area contributed by atoms with Crippen LogP contribution >= 0.6 is 0 Å². The topological polar surface area (TPSA) is 38.8 Å². The highest BCUT2D eigenvalue weighted by atomic mass is 19.4. The minimum atomic E-state index is -4.58. The summed E-state index contributed by atoms with van der Waals surface area (Å²) in [6.45, 7) is 0.287. The van der Waals surface area contributed by atoms with Crippen molar-refractivity contribution in [1.82, 2.24) is 4.90 Å². The Morgan fingerprint density at radius 3 is 2.44 bits per heavy atom. The van der Waals surface area contributed by atoms with Crippen LogP contribution in [0.15, 0.2) is 0 Å². The summed E-state index contributed by atoms with van der Waals surface area (Å²) >= 11 is 0. The van der Waals surface area contributed by atoms with Crippen LogP contribution in [0.5, 0.6) is 0 Å². The SMILES string of the molecule is COC(=O)CCCN(C)CCOC(F)(F)F. The van der Waals surface area contributed by atoms with Gasteiger partial charge < -0.3 is 9.64 Å². The lowest BCUT2D eigenvalue weighted by Crippen LogP contribution is -2.27. The summed E-state index contributed by atoms with van der Waals surface area (Å²) in [6.07, 6.45) is -3.76. The van der Waals surface area contributed by atoms with Crippen LogP contribution < -0.4 is 0 Å². The Labute approximate surface area is 92.3 Å². The fourth-order valence-electron chi connectivity index (χ4n) is 1.02. The number of nitrogens with zero attached hydrogens (tertiary/aromatic N) is 1. The highest BCUT2D eigenvalue weighted by Gasteiger charge is 2.28. The van der Waals surface area contributed by atoms with Gasteiger partial charge >= 0.3 is 12.3 Å². The van der Waals surface area contributed by atoms with Gasteiger partial charge in [-0.25, -0.2) is 0 Å². The van der Waals surface area contributed by atoms with Crippen LogP contribution in [0.3, 0.4) is 0 Å². The van der Waals surface area contributed by atoms with Crippen molar-refractivity contribution in [3.63, 3.8) is 0 Å². The minimum absolute atomic E-state index is 0.167. The summed E-state index contributed by atoms with van der Waals surface area (Å²) in [5.74, 6) is -0.319. The number of carbonyl (C=O) groups is 1. The number of rotatable bonds is 7. The summed E-state index contributed by atoms with van der Waals surface area (Å²) in [6, 6.07) is 0. The van der Waals surface area contributed by atoms with Crippen molar-refractivity contribution >= 4 is 5.97 Å². The highest BCUT2D eigenvalue weighted by Crippen LogP contribution is 2.15. The van der Waals surface area contributed by atoms with Crippen LogP contribution in [-0.4, -0.2) is 51.1 Å². The lowest BCUT2D eigenvalue weighted by atomic mass is 10.3. The maximum Gasteiger partial charge on any atom is 0.522 e. The first kappa shape index (κ1) is 15.2. The molecule has 0 unspecified atom stereocenters. The van der Waals surface area contributed by atoms with E-state index in [2.05, 4.69) is 9.47 Å². The summed E-state index contributed by atoms with van der Waals surface area (Å²) in [4.78, 5) is 12.4. The number of methoxy groups -OCH3 is 1. The average molecular weight is 243 g/mol. The van der Waals surface area contributed by atoms with E-state index in [1.165, 1.54) is 7.11 Å². The van der Waals surface area contributed by atoms with Gasteiger partial charge in [-0.1, -0.05) is 0 Å². The molecule has 0 radical (unpaired) electrons. The van der Waals surface area contributed by atoms with Gasteiger partial charge in [-0.2, -0.15) is 0 Å². The Hall–Kier alpha value is -0.820. The van der Waals surface area contributed by atoms with E-state index in [1.54, 1.807) is 11.9 Å². The van der Waals surface area contributed by atoms with Gasteiger partial charge in [0.15, 0.2) is 0 Å². The van der Waals surface area contributed by atoms with Crippen LogP contribution in [0.2, 0.25) is 0 Å². The van der Waals surface area contributed by atoms with Gasteiger partial charge in [-0.15, -0.1) is 13.2 Å². The second-order valence-electron chi connectivity index (χ2n) is 3.28. The third kappa shape index (κ3) is 9.72. The zero-order chi connectivity index (χ0) is 12.6. The average Bonchev–Trinajstić information content (AvgIpc) is 2.15. The fourth-order valence-corrected chi connectivity index (χ4v) is 1.02. The molecule has 4 nitrogen and oxygen atoms in total. The second kappa shape index (κ2) is 7.45. The van der Waals surface area contributed by atoms with E-state index in [0.717, 1.165) is 0 Å². The number of ether oxygens (including phenoxy) is 2. The lowest BCUT2D eigenvalue weighted by molar-refractivity contribution is -0.324. The molecular formula is C9H16F3NO3. The molecule has 0 saturated heterocycles. The first-order valence-electron chi connectivity index (χ1n) is 4.81. The third-order valence-corrected chi connectivity index (χ3v) is 1.89. The Morgan fingerprint density at radius 2 is 1.94 bits per heavy atom. The first-order valence-corrected chi connectivity index (χ1v) is 4.81. The smallest absolute Gasteiger partial charge is 0.469 e. The maximum atomic E-state index is 11.6. The minimum Gasteiger partial charge on any atom is -0.469 e. The normalized spacial score (nSPS) is 11.9. The van der Waals surface area contributed by atoms with Gasteiger partial charge in [0.1, 0.15) is 0 Å². The van der Waals surface area contributed by atoms with Gasteiger partial charge in [-0.05, 0) is 20.0 Å². The molecule has 0 heterocycles. The zero-order valence-corrected chi connectivity index (χ0v) is 9.34.